The number of nitrogens with one attached hydrogen (secondary N) is 2. The molecule has 0 saturated heterocycles. The zero-order valence-electron chi connectivity index (χ0n) is 11.7. The first-order valence-electron chi connectivity index (χ1n) is 6.21. The third-order valence-electron chi connectivity index (χ3n) is 3.16. The molecule has 2 N–H and O–H groups in total. The predicted molar refractivity (Wildman–Crippen MR) is 77.7 cm³/mol. The lowest BCUT2D eigenvalue weighted by molar-refractivity contribution is -0.150. The maximum absolute atomic E-state index is 13.4. The second kappa shape index (κ2) is 6.18. The Labute approximate surface area is 130 Å². The van der Waals surface area contributed by atoms with Gasteiger partial charge in [-0.25, -0.2) is 13.6 Å². The highest BCUT2D eigenvalue weighted by Gasteiger charge is 2.34. The van der Waals surface area contributed by atoms with E-state index in [0.29, 0.717) is 5.70 Å². The molecule has 5 nitrogen and oxygen atoms in total. The molecule has 0 spiro atoms. The van der Waals surface area contributed by atoms with Crippen molar-refractivity contribution in [2.24, 2.45) is 0 Å². The molecule has 0 saturated carbocycles. The normalized spacial score (nSPS) is 17.6. The fourth-order valence-electron chi connectivity index (χ4n) is 2.14. The maximum Gasteiger partial charge on any atom is 0.379 e. The third kappa shape index (κ3) is 2.96. The van der Waals surface area contributed by atoms with Crippen molar-refractivity contribution in [1.82, 2.24) is 10.6 Å². The summed E-state index contributed by atoms with van der Waals surface area (Å²) in [6.07, 6.45) is 0. The van der Waals surface area contributed by atoms with Crippen LogP contribution >= 0.6 is 12.2 Å². The summed E-state index contributed by atoms with van der Waals surface area (Å²) in [6.45, 7) is 1.55. The van der Waals surface area contributed by atoms with Crippen molar-refractivity contribution in [3.8, 4) is 0 Å². The van der Waals surface area contributed by atoms with E-state index in [0.717, 1.165) is 19.2 Å². The number of Topliss-reactive ketones (excluding diaryl/α,β-unsaturated/α-hetero) is 1. The molecule has 2 rings (SSSR count). The minimum atomic E-state index is -1.06. The van der Waals surface area contributed by atoms with Crippen molar-refractivity contribution >= 4 is 29.1 Å². The standard InChI is InChI=1S/C14H12F2N2O3S/c1-6-10(12(19)13(20)21-2)11(18-14(22)17-6)7-3-4-8(15)9(16)5-7/h3-5,11H,1-2H3,(H2,17,18,22)/t11-/m0/s1. The van der Waals surface area contributed by atoms with Gasteiger partial charge in [-0.05, 0) is 36.8 Å². The number of rotatable bonds is 3. The topological polar surface area (TPSA) is 67.4 Å². The maximum atomic E-state index is 13.4. The predicted octanol–water partition coefficient (Wildman–Crippen LogP) is 1.50. The fourth-order valence-corrected chi connectivity index (χ4v) is 2.41. The molecule has 116 valence electrons. The summed E-state index contributed by atoms with van der Waals surface area (Å²) in [4.78, 5) is 23.7. The number of carbonyl (C=O) groups is 2. The van der Waals surface area contributed by atoms with E-state index < -0.39 is 29.4 Å². The number of thiocarbonyl (C=S) groups is 1. The molecular formula is C14H12F2N2O3S. The van der Waals surface area contributed by atoms with Crippen molar-refractivity contribution in [3.63, 3.8) is 0 Å². The summed E-state index contributed by atoms with van der Waals surface area (Å²) in [5, 5.41) is 5.69. The second-order valence-corrected chi connectivity index (χ2v) is 4.97. The number of ketones is 1. The van der Waals surface area contributed by atoms with E-state index in [-0.39, 0.29) is 16.2 Å². The van der Waals surface area contributed by atoms with Gasteiger partial charge in [-0.3, -0.25) is 4.79 Å². The van der Waals surface area contributed by atoms with Crippen LogP contribution in [-0.2, 0) is 14.3 Å². The van der Waals surface area contributed by atoms with Crippen LogP contribution in [-0.4, -0.2) is 24.0 Å². The molecule has 1 heterocycles. The van der Waals surface area contributed by atoms with Crippen molar-refractivity contribution in [2.75, 3.05) is 7.11 Å². The van der Waals surface area contributed by atoms with Crippen molar-refractivity contribution in [3.05, 3.63) is 46.7 Å². The number of benzene rings is 1. The average molecular weight is 326 g/mol. The number of methoxy groups -OCH3 is 1. The highest BCUT2D eigenvalue weighted by molar-refractivity contribution is 7.80. The van der Waals surface area contributed by atoms with E-state index >= 15 is 0 Å². The molecule has 1 aromatic carbocycles. The highest BCUT2D eigenvalue weighted by atomic mass is 32.1. The number of allylic oxidation sites excluding steroid dienone is 1. The van der Waals surface area contributed by atoms with E-state index in [1.54, 1.807) is 6.92 Å². The van der Waals surface area contributed by atoms with E-state index in [1.165, 1.54) is 6.07 Å². The zero-order valence-corrected chi connectivity index (χ0v) is 12.5. The van der Waals surface area contributed by atoms with Crippen LogP contribution < -0.4 is 10.6 Å². The summed E-state index contributed by atoms with van der Waals surface area (Å²) in [6, 6.07) is 2.31. The molecule has 22 heavy (non-hydrogen) atoms. The molecular weight excluding hydrogens is 314 g/mol. The lowest BCUT2D eigenvalue weighted by Gasteiger charge is -2.29. The Morgan fingerprint density at radius 2 is 1.95 bits per heavy atom. The summed E-state index contributed by atoms with van der Waals surface area (Å²) in [5.41, 5.74) is 0.634. The third-order valence-corrected chi connectivity index (χ3v) is 3.38. The Kier molecular flexibility index (Phi) is 4.51. The first-order chi connectivity index (χ1) is 10.3. The lowest BCUT2D eigenvalue weighted by Crippen LogP contribution is -2.46. The Morgan fingerprint density at radius 1 is 1.27 bits per heavy atom. The molecule has 0 unspecified atom stereocenters. The van der Waals surface area contributed by atoms with Crippen LogP contribution in [0.1, 0.15) is 18.5 Å². The average Bonchev–Trinajstić information content (AvgIpc) is 2.47. The first kappa shape index (κ1) is 16.0. The minimum Gasteiger partial charge on any atom is -0.463 e. The largest absolute Gasteiger partial charge is 0.463 e. The Morgan fingerprint density at radius 3 is 2.55 bits per heavy atom. The number of halogens is 2. The Balaban J connectivity index is 2.52. The SMILES string of the molecule is COC(=O)C(=O)C1=C(C)NC(=S)N[C@H]1c1ccc(F)c(F)c1. The van der Waals surface area contributed by atoms with Crippen LogP contribution in [0, 0.1) is 11.6 Å². The van der Waals surface area contributed by atoms with Gasteiger partial charge in [-0.2, -0.15) is 0 Å². The van der Waals surface area contributed by atoms with Gasteiger partial charge in [-0.1, -0.05) is 6.07 Å². The Bertz CT molecular complexity index is 703. The smallest absolute Gasteiger partial charge is 0.379 e. The summed E-state index contributed by atoms with van der Waals surface area (Å²) < 4.78 is 30.9. The molecule has 0 aliphatic carbocycles. The van der Waals surface area contributed by atoms with Gasteiger partial charge in [0.25, 0.3) is 5.78 Å². The van der Waals surface area contributed by atoms with Crippen LogP contribution in [0.15, 0.2) is 29.5 Å². The van der Waals surface area contributed by atoms with Gasteiger partial charge in [0, 0.05) is 5.70 Å². The van der Waals surface area contributed by atoms with Gasteiger partial charge < -0.3 is 15.4 Å². The van der Waals surface area contributed by atoms with Crippen LogP contribution in [0.5, 0.6) is 0 Å². The molecule has 0 radical (unpaired) electrons. The molecule has 8 heteroatoms. The van der Waals surface area contributed by atoms with Crippen molar-refractivity contribution < 1.29 is 23.1 Å². The molecule has 0 amide bonds. The number of hydrogen-bond donors (Lipinski definition) is 2. The lowest BCUT2D eigenvalue weighted by atomic mass is 9.92. The quantitative estimate of drug-likeness (QED) is 0.498. The number of hydrogen-bond acceptors (Lipinski definition) is 4. The van der Waals surface area contributed by atoms with E-state index in [2.05, 4.69) is 15.4 Å². The van der Waals surface area contributed by atoms with E-state index in [1.807, 2.05) is 0 Å². The molecule has 1 aliphatic heterocycles. The van der Waals surface area contributed by atoms with Gasteiger partial charge in [0.05, 0.1) is 18.7 Å². The first-order valence-corrected chi connectivity index (χ1v) is 6.62. The molecule has 1 atom stereocenters. The van der Waals surface area contributed by atoms with Gasteiger partial charge >= 0.3 is 5.97 Å². The number of ether oxygens (including phenoxy) is 1. The fraction of sp³-hybridized carbons (Fsp3) is 0.214. The van der Waals surface area contributed by atoms with Crippen molar-refractivity contribution in [2.45, 2.75) is 13.0 Å². The highest BCUT2D eigenvalue weighted by Crippen LogP contribution is 2.28. The summed E-state index contributed by atoms with van der Waals surface area (Å²) in [7, 11) is 1.08. The van der Waals surface area contributed by atoms with Gasteiger partial charge in [0.2, 0.25) is 0 Å². The molecule has 0 aromatic heterocycles. The molecule has 0 bridgehead atoms. The minimum absolute atomic E-state index is 0.0338. The Hall–Kier alpha value is -2.35. The van der Waals surface area contributed by atoms with Crippen LogP contribution in [0.3, 0.4) is 0 Å². The monoisotopic (exact) mass is 326 g/mol. The van der Waals surface area contributed by atoms with Crippen LogP contribution in [0.2, 0.25) is 0 Å². The van der Waals surface area contributed by atoms with Crippen LogP contribution in [0.25, 0.3) is 0 Å². The molecule has 0 fully saturated rings. The summed E-state index contributed by atoms with van der Waals surface area (Å²) in [5.74, 6) is -4.02. The van der Waals surface area contributed by atoms with E-state index in [4.69, 9.17) is 12.2 Å². The van der Waals surface area contributed by atoms with Crippen LogP contribution in [0.4, 0.5) is 8.78 Å². The van der Waals surface area contributed by atoms with Gasteiger partial charge in [0.1, 0.15) is 0 Å². The second-order valence-electron chi connectivity index (χ2n) is 4.56. The molecule has 1 aliphatic rings. The number of carbonyl (C=O) groups excluding carboxylic acids is 2. The van der Waals surface area contributed by atoms with E-state index in [9.17, 15) is 18.4 Å². The van der Waals surface area contributed by atoms with Crippen molar-refractivity contribution in [1.29, 1.82) is 0 Å². The van der Waals surface area contributed by atoms with Gasteiger partial charge in [0.15, 0.2) is 16.7 Å². The zero-order chi connectivity index (χ0) is 16.4. The van der Waals surface area contributed by atoms with Gasteiger partial charge in [-0.15, -0.1) is 0 Å². The number of esters is 1. The summed E-state index contributed by atoms with van der Waals surface area (Å²) >= 11 is 5.00. The molecule has 1 aromatic rings.